The topological polar surface area (TPSA) is 182 Å². The van der Waals surface area contributed by atoms with Gasteiger partial charge in [0.2, 0.25) is 0 Å². The number of fused-ring (bicyclic) bond motifs is 2. The van der Waals surface area contributed by atoms with Crippen LogP contribution < -0.4 is 0 Å². The molecule has 4 fully saturated rings. The third-order valence-corrected chi connectivity index (χ3v) is 11.1. The summed E-state index contributed by atoms with van der Waals surface area (Å²) in [6.45, 7) is 13.7. The average molecular weight is 659 g/mol. The van der Waals surface area contributed by atoms with Crippen LogP contribution in [0, 0.1) is 28.6 Å². The summed E-state index contributed by atoms with van der Waals surface area (Å²) >= 11 is 0. The van der Waals surface area contributed by atoms with E-state index in [1.807, 2.05) is 13.8 Å². The molecule has 2 aliphatic carbocycles. The molecule has 5 rings (SSSR count). The second-order valence-electron chi connectivity index (χ2n) is 14.3. The van der Waals surface area contributed by atoms with Gasteiger partial charge in [0.05, 0.1) is 30.8 Å². The number of hydrogen-bond donors (Lipinski definition) is 1. The molecule has 1 aromatic heterocycles. The number of Topliss-reactive ketones (excluding diaryl/α,β-unsaturated/α-hetero) is 1. The number of hydrogen-bond acceptors (Lipinski definition) is 13. The zero-order valence-electron chi connectivity index (χ0n) is 27.4. The van der Waals surface area contributed by atoms with Crippen molar-refractivity contribution >= 4 is 36.1 Å². The molecule has 13 nitrogen and oxygen atoms in total. The van der Waals surface area contributed by atoms with Gasteiger partial charge in [-0.3, -0.25) is 28.8 Å². The van der Waals surface area contributed by atoms with E-state index in [0.29, 0.717) is 5.56 Å². The van der Waals surface area contributed by atoms with Crippen molar-refractivity contribution in [2.24, 2.45) is 28.6 Å². The lowest BCUT2D eigenvalue weighted by Gasteiger charge is -2.61. The molecule has 256 valence electrons. The third-order valence-electron chi connectivity index (χ3n) is 11.1. The monoisotopic (exact) mass is 658 g/mol. The Morgan fingerprint density at radius 3 is 2.40 bits per heavy atom. The van der Waals surface area contributed by atoms with Crippen LogP contribution in [0.4, 0.5) is 0 Å². The molecule has 2 saturated heterocycles. The van der Waals surface area contributed by atoms with Gasteiger partial charge in [0.1, 0.15) is 30.5 Å². The van der Waals surface area contributed by atoms with Crippen LogP contribution in [0.15, 0.2) is 35.2 Å². The van der Waals surface area contributed by atoms with Crippen LogP contribution in [0.25, 0.3) is 0 Å². The smallest absolute Gasteiger partial charge is 0.310 e. The first-order valence-electron chi connectivity index (χ1n) is 15.7. The Morgan fingerprint density at radius 2 is 1.81 bits per heavy atom. The predicted molar refractivity (Wildman–Crippen MR) is 159 cm³/mol. The van der Waals surface area contributed by atoms with Crippen molar-refractivity contribution in [3.05, 3.63) is 36.3 Å². The summed E-state index contributed by atoms with van der Waals surface area (Å²) in [6.07, 6.45) is -2.44. The number of aliphatic hydroxyl groups is 1. The Hall–Kier alpha value is -4.00. The summed E-state index contributed by atoms with van der Waals surface area (Å²) in [4.78, 5) is 78.8. The third kappa shape index (κ3) is 5.17. The molecule has 0 radical (unpaired) electrons. The van der Waals surface area contributed by atoms with Crippen molar-refractivity contribution in [3.8, 4) is 0 Å². The molecular formula is C34H42O13. The summed E-state index contributed by atoms with van der Waals surface area (Å²) in [7, 11) is 0. The van der Waals surface area contributed by atoms with E-state index in [1.54, 1.807) is 26.8 Å². The normalized spacial score (nSPS) is 40.0. The Balaban J connectivity index is 1.81. The van der Waals surface area contributed by atoms with E-state index in [4.69, 9.17) is 28.1 Å². The number of carbonyl (C=O) groups excluding carboxylic acids is 6. The average Bonchev–Trinajstić information content (AvgIpc) is 3.56. The minimum atomic E-state index is -2.39. The van der Waals surface area contributed by atoms with Crippen molar-refractivity contribution in [2.45, 2.75) is 103 Å². The van der Waals surface area contributed by atoms with Gasteiger partial charge in [0, 0.05) is 42.9 Å². The number of rotatable bonds is 8. The number of furan rings is 1. The highest BCUT2D eigenvalue weighted by molar-refractivity contribution is 5.96. The van der Waals surface area contributed by atoms with E-state index in [1.165, 1.54) is 12.5 Å². The molecule has 13 heteroatoms. The number of ether oxygens (including phenoxy) is 5. The zero-order valence-corrected chi connectivity index (χ0v) is 27.4. The van der Waals surface area contributed by atoms with Crippen LogP contribution >= 0.6 is 0 Å². The highest BCUT2D eigenvalue weighted by Crippen LogP contribution is 2.68. The SMILES string of the molecule is C=C1[C@@H]([C@@]2(C)[C@@H](OC(C)=O)CC(=O)O[C@]3(C)COC(=O)C[C@H]23)[C@@H](OC=O)[C@H](OC(=O)CC(C)C)[C@@]2(C)[C@H](c3ccoc3)CC(=O)[C@]12O. The second kappa shape index (κ2) is 11.9. The maximum atomic E-state index is 14.2. The van der Waals surface area contributed by atoms with E-state index < -0.39 is 94.2 Å². The highest BCUT2D eigenvalue weighted by Gasteiger charge is 2.77. The van der Waals surface area contributed by atoms with E-state index >= 15 is 0 Å². The van der Waals surface area contributed by atoms with E-state index in [9.17, 15) is 33.9 Å². The molecule has 3 heterocycles. The zero-order chi connectivity index (χ0) is 34.7. The van der Waals surface area contributed by atoms with Crippen LogP contribution in [0.5, 0.6) is 0 Å². The molecule has 1 N–H and O–H groups in total. The first-order chi connectivity index (χ1) is 21.9. The van der Waals surface area contributed by atoms with Crippen molar-refractivity contribution in [2.75, 3.05) is 6.61 Å². The molecule has 47 heavy (non-hydrogen) atoms. The molecular weight excluding hydrogens is 616 g/mol. The summed E-state index contributed by atoms with van der Waals surface area (Å²) in [6, 6.07) is 1.64. The lowest BCUT2D eigenvalue weighted by Crippen LogP contribution is -2.72. The lowest BCUT2D eigenvalue weighted by atomic mass is 9.46. The predicted octanol–water partition coefficient (Wildman–Crippen LogP) is 2.97. The van der Waals surface area contributed by atoms with Crippen molar-refractivity contribution in [1.82, 2.24) is 0 Å². The first kappa shape index (κ1) is 34.3. The summed E-state index contributed by atoms with van der Waals surface area (Å²) < 4.78 is 34.3. The minimum Gasteiger partial charge on any atom is -0.472 e. The molecule has 0 amide bonds. The summed E-state index contributed by atoms with van der Waals surface area (Å²) in [5.74, 6) is -6.66. The Labute approximate surface area is 272 Å². The van der Waals surface area contributed by atoms with Crippen molar-refractivity contribution < 1.29 is 62.0 Å². The summed E-state index contributed by atoms with van der Waals surface area (Å²) in [5, 5.41) is 12.8. The van der Waals surface area contributed by atoms with Gasteiger partial charge in [-0.1, -0.05) is 34.3 Å². The van der Waals surface area contributed by atoms with Gasteiger partial charge >= 0.3 is 23.9 Å². The van der Waals surface area contributed by atoms with Gasteiger partial charge in [-0.2, -0.15) is 0 Å². The largest absolute Gasteiger partial charge is 0.472 e. The van der Waals surface area contributed by atoms with Gasteiger partial charge < -0.3 is 33.2 Å². The van der Waals surface area contributed by atoms with Crippen LogP contribution in [-0.4, -0.2) is 77.4 Å². The second-order valence-corrected chi connectivity index (χ2v) is 14.3. The summed E-state index contributed by atoms with van der Waals surface area (Å²) in [5.41, 5.74) is -6.68. The standard InChI is InChI=1S/C34H42O13/c1-17(2)10-26(39)46-30-29(44-16-35)28(18(3)34(41)23(37)11-21(33(30,34)7)20-8-9-42-14-20)32(6)22-12-25(38)43-15-31(22,5)47-27(40)13-24(32)45-19(4)36/h8-9,14,16-17,21-22,24,28-30,41H,3,10-13,15H2,1-2,4-7H3/t21-,22-,24-,28+,29+,30-,31+,32+,33+,34+/m0/s1. The number of esters is 4. The van der Waals surface area contributed by atoms with E-state index in [2.05, 4.69) is 6.58 Å². The molecule has 0 bridgehead atoms. The van der Waals surface area contributed by atoms with Crippen molar-refractivity contribution in [1.29, 1.82) is 0 Å². The van der Waals surface area contributed by atoms with Gasteiger partial charge in [0.25, 0.3) is 6.47 Å². The Kier molecular flexibility index (Phi) is 8.70. The van der Waals surface area contributed by atoms with Gasteiger partial charge in [0.15, 0.2) is 11.4 Å². The highest BCUT2D eigenvalue weighted by atomic mass is 16.6. The maximum absolute atomic E-state index is 14.2. The molecule has 4 aliphatic rings. The fraction of sp³-hybridized carbons (Fsp3) is 0.647. The lowest BCUT2D eigenvalue weighted by molar-refractivity contribution is -0.240. The molecule has 2 saturated carbocycles. The Bertz CT molecular complexity index is 1480. The molecule has 0 spiro atoms. The van der Waals surface area contributed by atoms with Crippen LogP contribution in [0.3, 0.4) is 0 Å². The number of cyclic esters (lactones) is 1. The molecule has 2 aliphatic heterocycles. The quantitative estimate of drug-likeness (QED) is 0.186. The molecule has 1 aromatic rings. The van der Waals surface area contributed by atoms with Crippen molar-refractivity contribution in [3.63, 3.8) is 0 Å². The maximum Gasteiger partial charge on any atom is 0.310 e. The Morgan fingerprint density at radius 1 is 1.11 bits per heavy atom. The number of ketones is 1. The van der Waals surface area contributed by atoms with Crippen LogP contribution in [0.2, 0.25) is 0 Å². The fourth-order valence-electron chi connectivity index (χ4n) is 8.99. The molecule has 0 unspecified atom stereocenters. The fourth-order valence-corrected chi connectivity index (χ4v) is 8.99. The molecule has 10 atom stereocenters. The van der Waals surface area contributed by atoms with Gasteiger partial charge in [-0.15, -0.1) is 0 Å². The van der Waals surface area contributed by atoms with E-state index in [0.717, 1.165) is 6.92 Å². The van der Waals surface area contributed by atoms with Crippen LogP contribution in [0.1, 0.15) is 78.7 Å². The molecule has 0 aromatic carbocycles. The van der Waals surface area contributed by atoms with Crippen LogP contribution in [-0.2, 0) is 52.5 Å². The number of carbonyl (C=O) groups is 6. The van der Waals surface area contributed by atoms with E-state index in [-0.39, 0.29) is 43.8 Å². The minimum absolute atomic E-state index is 0.0308. The van der Waals surface area contributed by atoms with Gasteiger partial charge in [-0.05, 0) is 30.0 Å². The first-order valence-corrected chi connectivity index (χ1v) is 15.7. The van der Waals surface area contributed by atoms with Gasteiger partial charge in [-0.25, -0.2) is 0 Å².